The lowest BCUT2D eigenvalue weighted by Gasteiger charge is -2.15. The Morgan fingerprint density at radius 2 is 1.88 bits per heavy atom. The van der Waals surface area contributed by atoms with Crippen molar-refractivity contribution >= 4 is 34.7 Å². The molecule has 0 radical (unpaired) electrons. The SMILES string of the molecule is COc1ccc2c(c1)C(=O)c1c-2n(CCCNCCO)c(=O)c2cc([N+](=O)[O-])ccc12.Cl. The van der Waals surface area contributed by atoms with Crippen LogP contribution in [-0.2, 0) is 6.54 Å². The summed E-state index contributed by atoms with van der Waals surface area (Å²) in [4.78, 5) is 37.4. The van der Waals surface area contributed by atoms with Crippen molar-refractivity contribution in [3.63, 3.8) is 0 Å². The van der Waals surface area contributed by atoms with Crippen LogP contribution in [-0.4, -0.2) is 47.2 Å². The molecule has 0 spiro atoms. The molecule has 0 bridgehead atoms. The maximum Gasteiger partial charge on any atom is 0.270 e. The quantitative estimate of drug-likeness (QED) is 0.236. The molecule has 0 atom stereocenters. The Balaban J connectivity index is 0.00000289. The number of nitro benzene ring substituents is 1. The standard InChI is InChI=1S/C22H21N3O6.ClH/c1-31-14-4-6-16-17(12-14)21(27)19-15-5-3-13(25(29)30)11-18(15)22(28)24(20(16)19)9-2-7-23-8-10-26;/h3-6,11-12,23,26H,2,7-10H2,1H3;1H. The number of aromatic nitrogens is 1. The zero-order valence-corrected chi connectivity index (χ0v) is 18.1. The second-order valence-corrected chi connectivity index (χ2v) is 7.24. The average molecular weight is 460 g/mol. The van der Waals surface area contributed by atoms with E-state index in [1.165, 1.54) is 29.9 Å². The van der Waals surface area contributed by atoms with Gasteiger partial charge in [0.2, 0.25) is 0 Å². The Kier molecular flexibility index (Phi) is 6.93. The molecule has 1 aliphatic carbocycles. The lowest BCUT2D eigenvalue weighted by molar-refractivity contribution is -0.384. The molecule has 1 aromatic heterocycles. The number of halogens is 1. The molecular weight excluding hydrogens is 438 g/mol. The van der Waals surface area contributed by atoms with Crippen LogP contribution in [0.5, 0.6) is 5.75 Å². The number of carbonyl (C=O) groups excluding carboxylic acids is 1. The van der Waals surface area contributed by atoms with E-state index in [0.29, 0.717) is 59.6 Å². The van der Waals surface area contributed by atoms with Gasteiger partial charge in [0.05, 0.1) is 35.3 Å². The summed E-state index contributed by atoms with van der Waals surface area (Å²) < 4.78 is 6.77. The molecule has 0 aliphatic heterocycles. The molecule has 4 rings (SSSR count). The van der Waals surface area contributed by atoms with E-state index in [0.717, 1.165) is 0 Å². The van der Waals surface area contributed by atoms with Gasteiger partial charge in [-0.3, -0.25) is 19.7 Å². The number of hydrogen-bond donors (Lipinski definition) is 2. The molecule has 0 saturated carbocycles. The summed E-state index contributed by atoms with van der Waals surface area (Å²) in [6, 6.07) is 9.15. The number of nitro groups is 1. The van der Waals surface area contributed by atoms with E-state index in [2.05, 4.69) is 5.32 Å². The molecule has 168 valence electrons. The minimum atomic E-state index is -0.559. The molecular formula is C22H22ClN3O6. The summed E-state index contributed by atoms with van der Waals surface area (Å²) in [5.41, 5.74) is 1.39. The Labute approximate surface area is 189 Å². The van der Waals surface area contributed by atoms with Crippen molar-refractivity contribution in [2.75, 3.05) is 26.8 Å². The topological polar surface area (TPSA) is 124 Å². The number of ether oxygens (including phenoxy) is 1. The number of carbonyl (C=O) groups is 1. The number of nitrogens with zero attached hydrogens (tertiary/aromatic N) is 2. The molecule has 0 unspecified atom stereocenters. The van der Waals surface area contributed by atoms with E-state index >= 15 is 0 Å². The number of benzene rings is 2. The summed E-state index contributed by atoms with van der Waals surface area (Å²) >= 11 is 0. The van der Waals surface area contributed by atoms with Crippen molar-refractivity contribution in [2.45, 2.75) is 13.0 Å². The number of ketones is 1. The van der Waals surface area contributed by atoms with Crippen LogP contribution in [0.25, 0.3) is 22.0 Å². The van der Waals surface area contributed by atoms with E-state index < -0.39 is 4.92 Å². The van der Waals surface area contributed by atoms with Gasteiger partial charge in [-0.1, -0.05) is 0 Å². The first kappa shape index (κ1) is 23.4. The minimum absolute atomic E-state index is 0. The highest BCUT2D eigenvalue weighted by Crippen LogP contribution is 2.41. The van der Waals surface area contributed by atoms with Crippen LogP contribution < -0.4 is 15.6 Å². The van der Waals surface area contributed by atoms with E-state index in [1.807, 2.05) is 0 Å². The van der Waals surface area contributed by atoms with E-state index in [9.17, 15) is 19.7 Å². The first-order chi connectivity index (χ1) is 15.0. The average Bonchev–Trinajstić information content (AvgIpc) is 3.07. The molecule has 10 heteroatoms. The van der Waals surface area contributed by atoms with Crippen LogP contribution in [0.3, 0.4) is 0 Å². The molecule has 3 aromatic rings. The molecule has 1 aliphatic rings. The molecule has 0 fully saturated rings. The minimum Gasteiger partial charge on any atom is -0.497 e. The van der Waals surface area contributed by atoms with Gasteiger partial charge in [0.1, 0.15) is 5.75 Å². The number of fused-ring (bicyclic) bond motifs is 5. The van der Waals surface area contributed by atoms with Gasteiger partial charge in [0, 0.05) is 41.7 Å². The van der Waals surface area contributed by atoms with Crippen molar-refractivity contribution in [3.8, 4) is 17.0 Å². The van der Waals surface area contributed by atoms with Gasteiger partial charge in [0.25, 0.3) is 11.2 Å². The summed E-state index contributed by atoms with van der Waals surface area (Å²) in [7, 11) is 1.51. The predicted octanol–water partition coefficient (Wildman–Crippen LogP) is 2.52. The third-order valence-electron chi connectivity index (χ3n) is 5.44. The van der Waals surface area contributed by atoms with Gasteiger partial charge < -0.3 is 19.7 Å². The van der Waals surface area contributed by atoms with Crippen LogP contribution in [0.1, 0.15) is 22.3 Å². The lowest BCUT2D eigenvalue weighted by atomic mass is 10.0. The smallest absolute Gasteiger partial charge is 0.270 e. The second kappa shape index (κ2) is 9.47. The van der Waals surface area contributed by atoms with Crippen molar-refractivity contribution in [1.29, 1.82) is 0 Å². The van der Waals surface area contributed by atoms with Gasteiger partial charge >= 0.3 is 0 Å². The highest BCUT2D eigenvalue weighted by atomic mass is 35.5. The second-order valence-electron chi connectivity index (χ2n) is 7.24. The Hall–Kier alpha value is -3.27. The Morgan fingerprint density at radius 3 is 2.56 bits per heavy atom. The van der Waals surface area contributed by atoms with E-state index in [4.69, 9.17) is 9.84 Å². The normalized spacial score (nSPS) is 11.8. The number of methoxy groups -OCH3 is 1. The van der Waals surface area contributed by atoms with E-state index in [-0.39, 0.29) is 41.4 Å². The number of pyridine rings is 1. The van der Waals surface area contributed by atoms with Crippen molar-refractivity contribution in [1.82, 2.24) is 9.88 Å². The van der Waals surface area contributed by atoms with Crippen LogP contribution in [0.2, 0.25) is 0 Å². The monoisotopic (exact) mass is 459 g/mol. The van der Waals surface area contributed by atoms with E-state index in [1.54, 1.807) is 18.2 Å². The summed E-state index contributed by atoms with van der Waals surface area (Å²) in [5, 5.41) is 23.8. The maximum absolute atomic E-state index is 13.4. The van der Waals surface area contributed by atoms with Crippen LogP contribution in [0.4, 0.5) is 5.69 Å². The fraction of sp³-hybridized carbons (Fsp3) is 0.273. The molecule has 0 saturated heterocycles. The Bertz CT molecular complexity index is 1270. The molecule has 32 heavy (non-hydrogen) atoms. The lowest BCUT2D eigenvalue weighted by Crippen LogP contribution is -2.26. The molecule has 2 aromatic carbocycles. The first-order valence-corrected chi connectivity index (χ1v) is 9.87. The fourth-order valence-electron chi connectivity index (χ4n) is 4.02. The molecule has 1 heterocycles. The maximum atomic E-state index is 13.4. The highest BCUT2D eigenvalue weighted by molar-refractivity contribution is 6.26. The fourth-order valence-corrected chi connectivity index (χ4v) is 4.02. The molecule has 9 nitrogen and oxygen atoms in total. The van der Waals surface area contributed by atoms with Gasteiger partial charge in [-0.2, -0.15) is 0 Å². The third kappa shape index (κ3) is 3.86. The van der Waals surface area contributed by atoms with Crippen molar-refractivity contribution in [2.24, 2.45) is 0 Å². The highest BCUT2D eigenvalue weighted by Gasteiger charge is 2.33. The zero-order chi connectivity index (χ0) is 22.1. The summed E-state index contributed by atoms with van der Waals surface area (Å²) in [6.07, 6.45) is 0.576. The zero-order valence-electron chi connectivity index (χ0n) is 17.3. The molecule has 0 amide bonds. The number of non-ortho nitro benzene ring substituents is 1. The third-order valence-corrected chi connectivity index (χ3v) is 5.44. The largest absolute Gasteiger partial charge is 0.497 e. The van der Waals surface area contributed by atoms with Crippen LogP contribution in [0.15, 0.2) is 41.2 Å². The van der Waals surface area contributed by atoms with Crippen molar-refractivity contribution < 1.29 is 19.6 Å². The number of rotatable bonds is 8. The number of hydrogen-bond acceptors (Lipinski definition) is 7. The first-order valence-electron chi connectivity index (χ1n) is 9.87. The van der Waals surface area contributed by atoms with Crippen molar-refractivity contribution in [3.05, 3.63) is 68.0 Å². The Morgan fingerprint density at radius 1 is 1.09 bits per heavy atom. The summed E-state index contributed by atoms with van der Waals surface area (Å²) in [6.45, 7) is 1.34. The van der Waals surface area contributed by atoms with Crippen LogP contribution in [0, 0.1) is 10.1 Å². The molecule has 2 N–H and O–H groups in total. The predicted molar refractivity (Wildman–Crippen MR) is 122 cm³/mol. The van der Waals surface area contributed by atoms with Crippen LogP contribution >= 0.6 is 12.4 Å². The summed E-state index contributed by atoms with van der Waals surface area (Å²) in [5.74, 6) is 0.289. The van der Waals surface area contributed by atoms with Gasteiger partial charge in [-0.15, -0.1) is 12.4 Å². The number of aliphatic hydroxyl groups is 1. The van der Waals surface area contributed by atoms with Gasteiger partial charge in [-0.25, -0.2) is 0 Å². The van der Waals surface area contributed by atoms with Gasteiger partial charge in [-0.05, 0) is 37.2 Å². The number of nitrogens with one attached hydrogen (secondary N) is 1. The van der Waals surface area contributed by atoms with Gasteiger partial charge in [0.15, 0.2) is 5.78 Å². The number of aliphatic hydroxyl groups excluding tert-OH is 1.